The van der Waals surface area contributed by atoms with Gasteiger partial charge in [0.2, 0.25) is 0 Å². The number of hydrogen-bond acceptors (Lipinski definition) is 5. The fraction of sp³-hybridized carbons (Fsp3) is 0.500. The fourth-order valence-corrected chi connectivity index (χ4v) is 1.92. The molecule has 6 nitrogen and oxygen atoms in total. The lowest BCUT2D eigenvalue weighted by Gasteiger charge is -2.09. The predicted molar refractivity (Wildman–Crippen MR) is 78.3 cm³/mol. The van der Waals surface area contributed by atoms with Gasteiger partial charge in [-0.3, -0.25) is 0 Å². The summed E-state index contributed by atoms with van der Waals surface area (Å²) in [5, 5.41) is 11.9. The second-order valence-corrected chi connectivity index (χ2v) is 5.09. The molecule has 0 unspecified atom stereocenters. The van der Waals surface area contributed by atoms with Crippen molar-refractivity contribution in [2.24, 2.45) is 5.92 Å². The number of aromatic nitrogens is 4. The van der Waals surface area contributed by atoms with Crippen LogP contribution in [0.1, 0.15) is 27.2 Å². The summed E-state index contributed by atoms with van der Waals surface area (Å²) in [5.74, 6) is 2.04. The van der Waals surface area contributed by atoms with E-state index in [1.807, 2.05) is 29.8 Å². The van der Waals surface area contributed by atoms with Gasteiger partial charge in [0.15, 0.2) is 5.82 Å². The average Bonchev–Trinajstić information content (AvgIpc) is 2.87. The monoisotopic (exact) mass is 275 g/mol. The first-order chi connectivity index (χ1) is 9.61. The molecule has 0 atom stereocenters. The largest absolute Gasteiger partial charge is 0.492 e. The number of tetrazole rings is 1. The van der Waals surface area contributed by atoms with Crippen LogP contribution >= 0.6 is 0 Å². The average molecular weight is 275 g/mol. The molecule has 0 spiro atoms. The zero-order valence-electron chi connectivity index (χ0n) is 12.2. The van der Waals surface area contributed by atoms with Crippen LogP contribution in [0, 0.1) is 5.92 Å². The van der Waals surface area contributed by atoms with Gasteiger partial charge in [-0.25, -0.2) is 4.68 Å². The number of benzene rings is 1. The second kappa shape index (κ2) is 6.36. The van der Waals surface area contributed by atoms with Crippen molar-refractivity contribution < 1.29 is 4.74 Å². The molecule has 0 saturated carbocycles. The zero-order valence-corrected chi connectivity index (χ0v) is 12.2. The molecule has 2 N–H and O–H groups in total. The third kappa shape index (κ3) is 3.26. The maximum absolute atomic E-state index is 5.98. The molecule has 20 heavy (non-hydrogen) atoms. The molecule has 0 aliphatic rings. The second-order valence-electron chi connectivity index (χ2n) is 5.09. The Hall–Kier alpha value is -2.11. The van der Waals surface area contributed by atoms with E-state index in [4.69, 9.17) is 10.5 Å². The molecule has 0 amide bonds. The molecule has 2 rings (SSSR count). The molecule has 108 valence electrons. The Morgan fingerprint density at radius 1 is 1.35 bits per heavy atom. The van der Waals surface area contributed by atoms with E-state index in [0.717, 1.165) is 24.4 Å². The van der Waals surface area contributed by atoms with Crippen LogP contribution in [0.25, 0.3) is 11.4 Å². The minimum Gasteiger partial charge on any atom is -0.492 e. The normalized spacial score (nSPS) is 11.0. The number of nitrogen functional groups attached to an aromatic ring is 1. The number of hydrogen-bond donors (Lipinski definition) is 1. The van der Waals surface area contributed by atoms with Gasteiger partial charge in [0.25, 0.3) is 0 Å². The topological polar surface area (TPSA) is 78.9 Å². The van der Waals surface area contributed by atoms with Crippen molar-refractivity contribution in [3.8, 4) is 17.1 Å². The van der Waals surface area contributed by atoms with Gasteiger partial charge in [0.05, 0.1) is 12.3 Å². The molecule has 1 aromatic heterocycles. The molecule has 0 aliphatic carbocycles. The molecule has 1 heterocycles. The van der Waals surface area contributed by atoms with E-state index < -0.39 is 0 Å². The van der Waals surface area contributed by atoms with Crippen LogP contribution in [0.4, 0.5) is 5.69 Å². The highest BCUT2D eigenvalue weighted by Crippen LogP contribution is 2.27. The van der Waals surface area contributed by atoms with E-state index in [0.29, 0.717) is 24.0 Å². The highest BCUT2D eigenvalue weighted by molar-refractivity contribution is 5.66. The van der Waals surface area contributed by atoms with Gasteiger partial charge in [0.1, 0.15) is 5.75 Å². The Balaban J connectivity index is 2.23. The number of anilines is 1. The van der Waals surface area contributed by atoms with Crippen molar-refractivity contribution in [3.05, 3.63) is 18.2 Å². The van der Waals surface area contributed by atoms with Crippen molar-refractivity contribution in [1.29, 1.82) is 0 Å². The van der Waals surface area contributed by atoms with Gasteiger partial charge < -0.3 is 10.5 Å². The molecule has 0 aliphatic heterocycles. The molecule has 0 saturated heterocycles. The lowest BCUT2D eigenvalue weighted by molar-refractivity contribution is 0.342. The minimum atomic E-state index is 0.593. The molecule has 0 fully saturated rings. The van der Waals surface area contributed by atoms with Crippen LogP contribution in [0.5, 0.6) is 5.75 Å². The first-order valence-electron chi connectivity index (χ1n) is 6.90. The number of nitrogens with zero attached hydrogens (tertiary/aromatic N) is 4. The first-order valence-corrected chi connectivity index (χ1v) is 6.90. The van der Waals surface area contributed by atoms with Crippen molar-refractivity contribution in [3.63, 3.8) is 0 Å². The molecule has 6 heteroatoms. The van der Waals surface area contributed by atoms with E-state index in [1.165, 1.54) is 0 Å². The number of aryl methyl sites for hydroxylation is 1. The highest BCUT2D eigenvalue weighted by Gasteiger charge is 2.11. The van der Waals surface area contributed by atoms with Crippen molar-refractivity contribution in [2.75, 3.05) is 12.3 Å². The minimum absolute atomic E-state index is 0.593. The standard InChI is InChI=1S/C14H21N5O/c1-4-20-13-6-5-11(9-12(13)15)14-16-17-18-19(14)8-7-10(2)3/h5-6,9-10H,4,7-8,15H2,1-3H3. The Bertz CT molecular complexity index is 564. The third-order valence-electron chi connectivity index (χ3n) is 3.02. The third-order valence-corrected chi connectivity index (χ3v) is 3.02. The van der Waals surface area contributed by atoms with Crippen LogP contribution in [0.3, 0.4) is 0 Å². The molecule has 0 radical (unpaired) electrons. The van der Waals surface area contributed by atoms with Crippen LogP contribution in [0.15, 0.2) is 18.2 Å². The summed E-state index contributed by atoms with van der Waals surface area (Å²) in [6.07, 6.45) is 1.03. The van der Waals surface area contributed by atoms with Gasteiger partial charge in [-0.1, -0.05) is 13.8 Å². The molecule has 2 aromatic rings. The Morgan fingerprint density at radius 2 is 2.15 bits per heavy atom. The first kappa shape index (κ1) is 14.3. The number of rotatable bonds is 6. The number of nitrogens with two attached hydrogens (primary N) is 1. The molecule has 1 aromatic carbocycles. The van der Waals surface area contributed by atoms with Crippen LogP contribution in [0.2, 0.25) is 0 Å². The lowest BCUT2D eigenvalue weighted by Crippen LogP contribution is -2.06. The predicted octanol–water partition coefficient (Wildman–Crippen LogP) is 2.37. The summed E-state index contributed by atoms with van der Waals surface area (Å²) in [5.41, 5.74) is 7.49. The van der Waals surface area contributed by atoms with Gasteiger partial charge >= 0.3 is 0 Å². The van der Waals surface area contributed by atoms with Gasteiger partial charge in [-0.2, -0.15) is 0 Å². The van der Waals surface area contributed by atoms with Crippen molar-refractivity contribution >= 4 is 5.69 Å². The van der Waals surface area contributed by atoms with E-state index in [1.54, 1.807) is 0 Å². The quantitative estimate of drug-likeness (QED) is 0.819. The maximum Gasteiger partial charge on any atom is 0.182 e. The molecule has 0 bridgehead atoms. The van der Waals surface area contributed by atoms with Crippen molar-refractivity contribution in [2.45, 2.75) is 33.7 Å². The molecular weight excluding hydrogens is 254 g/mol. The van der Waals surface area contributed by atoms with E-state index in [9.17, 15) is 0 Å². The summed E-state index contributed by atoms with van der Waals surface area (Å²) in [6, 6.07) is 5.64. The summed E-state index contributed by atoms with van der Waals surface area (Å²) in [4.78, 5) is 0. The summed E-state index contributed by atoms with van der Waals surface area (Å²) in [7, 11) is 0. The van der Waals surface area contributed by atoms with Crippen LogP contribution < -0.4 is 10.5 Å². The van der Waals surface area contributed by atoms with E-state index >= 15 is 0 Å². The Morgan fingerprint density at radius 3 is 2.80 bits per heavy atom. The Labute approximate surface area is 118 Å². The summed E-state index contributed by atoms with van der Waals surface area (Å²) in [6.45, 7) is 7.68. The van der Waals surface area contributed by atoms with Crippen LogP contribution in [-0.2, 0) is 6.54 Å². The Kier molecular flexibility index (Phi) is 4.55. The van der Waals surface area contributed by atoms with Gasteiger partial charge in [-0.15, -0.1) is 5.10 Å². The van der Waals surface area contributed by atoms with E-state index in [-0.39, 0.29) is 0 Å². The van der Waals surface area contributed by atoms with Gasteiger partial charge in [-0.05, 0) is 47.9 Å². The zero-order chi connectivity index (χ0) is 14.5. The SMILES string of the molecule is CCOc1ccc(-c2nnnn2CCC(C)C)cc1N. The summed E-state index contributed by atoms with van der Waals surface area (Å²) < 4.78 is 7.25. The number of ether oxygens (including phenoxy) is 1. The summed E-state index contributed by atoms with van der Waals surface area (Å²) >= 11 is 0. The smallest absolute Gasteiger partial charge is 0.182 e. The van der Waals surface area contributed by atoms with Crippen LogP contribution in [-0.4, -0.2) is 26.8 Å². The van der Waals surface area contributed by atoms with Crippen molar-refractivity contribution in [1.82, 2.24) is 20.2 Å². The lowest BCUT2D eigenvalue weighted by atomic mass is 10.1. The maximum atomic E-state index is 5.98. The van der Waals surface area contributed by atoms with Gasteiger partial charge in [0, 0.05) is 12.1 Å². The molecular formula is C14H21N5O. The fourth-order valence-electron chi connectivity index (χ4n) is 1.92. The highest BCUT2D eigenvalue weighted by atomic mass is 16.5. The van der Waals surface area contributed by atoms with E-state index in [2.05, 4.69) is 29.4 Å².